The lowest BCUT2D eigenvalue weighted by molar-refractivity contribution is 0.462. The Bertz CT molecular complexity index is 676. The molecule has 0 saturated carbocycles. The zero-order chi connectivity index (χ0) is 13.8. The molecule has 4 rings (SSSR count). The number of hydrogen-bond donors (Lipinski definition) is 2. The predicted molar refractivity (Wildman–Crippen MR) is 78.6 cm³/mol. The molecule has 1 aromatic carbocycles. The average Bonchev–Trinajstić information content (AvgIpc) is 2.97. The number of aromatic amines is 1. The summed E-state index contributed by atoms with van der Waals surface area (Å²) in [5.74, 6) is 0.488. The molecule has 4 heteroatoms. The first-order valence-electron chi connectivity index (χ1n) is 6.87. The van der Waals surface area contributed by atoms with Gasteiger partial charge in [-0.3, -0.25) is 0 Å². The van der Waals surface area contributed by atoms with E-state index in [-0.39, 0.29) is 0 Å². The van der Waals surface area contributed by atoms with Crippen LogP contribution in [0.4, 0.5) is 0 Å². The second kappa shape index (κ2) is 5.74. The van der Waals surface area contributed by atoms with Gasteiger partial charge in [0.25, 0.3) is 0 Å². The highest BCUT2D eigenvalue weighted by Gasteiger charge is 2.11. The van der Waals surface area contributed by atoms with E-state index in [0.717, 1.165) is 23.9 Å². The molecular formula is C16H17N3O. The fourth-order valence-electron chi connectivity index (χ4n) is 2.55. The number of hydrogen-bond acceptors (Lipinski definition) is 3. The maximum absolute atomic E-state index is 9.46. The number of benzene rings is 1. The van der Waals surface area contributed by atoms with Gasteiger partial charge in [-0.1, -0.05) is 12.1 Å². The quantitative estimate of drug-likeness (QED) is 0.657. The number of nitrogens with one attached hydrogen (secondary N) is 1. The van der Waals surface area contributed by atoms with Crippen LogP contribution >= 0.6 is 0 Å². The van der Waals surface area contributed by atoms with Gasteiger partial charge in [0, 0.05) is 17.8 Å². The molecule has 1 aliphatic rings. The fraction of sp³-hybridized carbons (Fsp3) is 0.250. The Hall–Kier alpha value is -2.36. The highest BCUT2D eigenvalue weighted by atomic mass is 16.3. The van der Waals surface area contributed by atoms with E-state index in [0.29, 0.717) is 5.75 Å². The number of phenols is 1. The molecule has 2 N–H and O–H groups in total. The van der Waals surface area contributed by atoms with Crippen molar-refractivity contribution in [2.75, 3.05) is 0 Å². The second-order valence-corrected chi connectivity index (χ2v) is 4.93. The summed E-state index contributed by atoms with van der Waals surface area (Å²) in [5, 5.41) is 10.5. The molecule has 2 aromatic heterocycles. The minimum Gasteiger partial charge on any atom is -0.508 e. The van der Waals surface area contributed by atoms with Gasteiger partial charge in [-0.2, -0.15) is 0 Å². The minimum absolute atomic E-state index is 0.488. The summed E-state index contributed by atoms with van der Waals surface area (Å²) in [6, 6.07) is 7.77. The van der Waals surface area contributed by atoms with E-state index in [4.69, 9.17) is 0 Å². The van der Waals surface area contributed by atoms with Crippen LogP contribution < -0.4 is 0 Å². The second-order valence-electron chi connectivity index (χ2n) is 4.93. The molecule has 0 amide bonds. The topological polar surface area (TPSA) is 61.8 Å². The molecule has 3 aromatic rings. The standard InChI is InChI=1S/C10H12O.C6H5N3/c11-10-7-3-5-8-4-1-2-6-9(8)10;1-2-8-6-5(1)3-7-4-9-6/h3,5,7,11H,1-2,4,6H2;1-4H,(H,7,8,9). The molecule has 0 spiro atoms. The summed E-state index contributed by atoms with van der Waals surface area (Å²) in [5.41, 5.74) is 3.42. The lowest BCUT2D eigenvalue weighted by atomic mass is 9.91. The zero-order valence-corrected chi connectivity index (χ0v) is 11.2. The molecular weight excluding hydrogens is 250 g/mol. The van der Waals surface area contributed by atoms with Crippen molar-refractivity contribution in [3.8, 4) is 5.75 Å². The third kappa shape index (κ3) is 2.64. The number of fused-ring (bicyclic) bond motifs is 2. The fourth-order valence-corrected chi connectivity index (χ4v) is 2.55. The first kappa shape index (κ1) is 12.7. The van der Waals surface area contributed by atoms with Crippen molar-refractivity contribution >= 4 is 11.0 Å². The van der Waals surface area contributed by atoms with Crippen molar-refractivity contribution in [1.82, 2.24) is 15.0 Å². The van der Waals surface area contributed by atoms with Gasteiger partial charge in [0.05, 0.1) is 0 Å². The smallest absolute Gasteiger partial charge is 0.140 e. The Labute approximate surface area is 117 Å². The SMILES string of the molecule is Oc1cccc2c1CCCC2.c1ncc2cc[nH]c2n1. The van der Waals surface area contributed by atoms with Crippen LogP contribution in [0.1, 0.15) is 24.0 Å². The van der Waals surface area contributed by atoms with Gasteiger partial charge in [0.2, 0.25) is 0 Å². The van der Waals surface area contributed by atoms with Crippen molar-refractivity contribution in [1.29, 1.82) is 0 Å². The van der Waals surface area contributed by atoms with Crippen LogP contribution in [0.25, 0.3) is 11.0 Å². The summed E-state index contributed by atoms with van der Waals surface area (Å²) in [7, 11) is 0. The van der Waals surface area contributed by atoms with Crippen LogP contribution in [0.3, 0.4) is 0 Å². The Morgan fingerprint density at radius 1 is 1.10 bits per heavy atom. The van der Waals surface area contributed by atoms with E-state index in [2.05, 4.69) is 21.0 Å². The maximum Gasteiger partial charge on any atom is 0.140 e. The Morgan fingerprint density at radius 3 is 2.85 bits per heavy atom. The zero-order valence-electron chi connectivity index (χ0n) is 11.2. The number of rotatable bonds is 0. The maximum atomic E-state index is 9.46. The number of aromatic hydroxyl groups is 1. The van der Waals surface area contributed by atoms with E-state index < -0.39 is 0 Å². The number of H-pyrrole nitrogens is 1. The van der Waals surface area contributed by atoms with Gasteiger partial charge in [-0.15, -0.1) is 0 Å². The van der Waals surface area contributed by atoms with Crippen LogP contribution in [-0.2, 0) is 12.8 Å². The van der Waals surface area contributed by atoms with Crippen molar-refractivity contribution in [3.05, 3.63) is 54.1 Å². The van der Waals surface area contributed by atoms with Crippen LogP contribution in [-0.4, -0.2) is 20.1 Å². The highest BCUT2D eigenvalue weighted by molar-refractivity contribution is 5.73. The summed E-state index contributed by atoms with van der Waals surface area (Å²) in [6.07, 6.45) is 9.85. The largest absolute Gasteiger partial charge is 0.508 e. The lowest BCUT2D eigenvalue weighted by Crippen LogP contribution is -2.01. The Morgan fingerprint density at radius 2 is 2.00 bits per heavy atom. The summed E-state index contributed by atoms with van der Waals surface area (Å²) >= 11 is 0. The molecule has 0 radical (unpaired) electrons. The molecule has 0 aliphatic heterocycles. The molecule has 0 unspecified atom stereocenters. The average molecular weight is 267 g/mol. The van der Waals surface area contributed by atoms with E-state index in [1.807, 2.05) is 18.3 Å². The van der Waals surface area contributed by atoms with E-state index in [1.165, 1.54) is 30.3 Å². The van der Waals surface area contributed by atoms with Gasteiger partial charge in [0.15, 0.2) is 0 Å². The molecule has 2 heterocycles. The predicted octanol–water partition coefficient (Wildman–Crippen LogP) is 3.23. The molecule has 0 atom stereocenters. The van der Waals surface area contributed by atoms with Crippen molar-refractivity contribution in [2.45, 2.75) is 25.7 Å². The molecule has 20 heavy (non-hydrogen) atoms. The van der Waals surface area contributed by atoms with Gasteiger partial charge >= 0.3 is 0 Å². The van der Waals surface area contributed by atoms with E-state index >= 15 is 0 Å². The first-order chi connectivity index (χ1) is 9.84. The highest BCUT2D eigenvalue weighted by Crippen LogP contribution is 2.27. The van der Waals surface area contributed by atoms with Crippen molar-refractivity contribution in [2.24, 2.45) is 0 Å². The summed E-state index contributed by atoms with van der Waals surface area (Å²) in [4.78, 5) is 10.8. The van der Waals surface area contributed by atoms with Crippen LogP contribution in [0.15, 0.2) is 43.0 Å². The number of phenolic OH excluding ortho intramolecular Hbond substituents is 1. The van der Waals surface area contributed by atoms with E-state index in [9.17, 15) is 5.11 Å². The lowest BCUT2D eigenvalue weighted by Gasteiger charge is -2.15. The number of aromatic nitrogens is 3. The number of nitrogens with zero attached hydrogens (tertiary/aromatic N) is 2. The Kier molecular flexibility index (Phi) is 3.63. The van der Waals surface area contributed by atoms with Crippen molar-refractivity contribution in [3.63, 3.8) is 0 Å². The van der Waals surface area contributed by atoms with Crippen LogP contribution in [0.2, 0.25) is 0 Å². The summed E-state index contributed by atoms with van der Waals surface area (Å²) < 4.78 is 0. The van der Waals surface area contributed by atoms with Gasteiger partial charge in [0.1, 0.15) is 17.7 Å². The molecule has 0 fully saturated rings. The third-order valence-corrected chi connectivity index (χ3v) is 3.59. The van der Waals surface area contributed by atoms with Crippen LogP contribution in [0.5, 0.6) is 5.75 Å². The molecule has 0 saturated heterocycles. The Balaban J connectivity index is 0.000000123. The van der Waals surface area contributed by atoms with Crippen molar-refractivity contribution < 1.29 is 5.11 Å². The molecule has 4 nitrogen and oxygen atoms in total. The number of aryl methyl sites for hydroxylation is 1. The molecule has 1 aliphatic carbocycles. The first-order valence-corrected chi connectivity index (χ1v) is 6.87. The normalized spacial score (nSPS) is 13.4. The van der Waals surface area contributed by atoms with Gasteiger partial charge in [-0.25, -0.2) is 9.97 Å². The minimum atomic E-state index is 0.488. The molecule has 102 valence electrons. The monoisotopic (exact) mass is 267 g/mol. The third-order valence-electron chi connectivity index (χ3n) is 3.59. The van der Waals surface area contributed by atoms with Crippen LogP contribution in [0, 0.1) is 0 Å². The molecule has 0 bridgehead atoms. The summed E-state index contributed by atoms with van der Waals surface area (Å²) in [6.45, 7) is 0. The van der Waals surface area contributed by atoms with E-state index in [1.54, 1.807) is 12.3 Å². The van der Waals surface area contributed by atoms with Gasteiger partial charge < -0.3 is 10.1 Å². The van der Waals surface area contributed by atoms with Gasteiger partial charge in [-0.05, 0) is 48.9 Å².